The van der Waals surface area contributed by atoms with Gasteiger partial charge in [-0.2, -0.15) is 0 Å². The summed E-state index contributed by atoms with van der Waals surface area (Å²) < 4.78 is 5.21. The fourth-order valence-corrected chi connectivity index (χ4v) is 1.42. The maximum atomic E-state index is 10.5. The first kappa shape index (κ1) is 11.4. The molecule has 1 aromatic carbocycles. The molecule has 0 radical (unpaired) electrons. The van der Waals surface area contributed by atoms with Crippen LogP contribution in [0.4, 0.5) is 4.79 Å². The van der Waals surface area contributed by atoms with Gasteiger partial charge in [-0.15, -0.1) is 0 Å². The highest BCUT2D eigenvalue weighted by Crippen LogP contribution is 2.19. The molecule has 3 N–H and O–H groups in total. The van der Waals surface area contributed by atoms with E-state index in [9.17, 15) is 4.79 Å². The summed E-state index contributed by atoms with van der Waals surface area (Å²) in [5.41, 5.74) is 7.22. The standard InChI is InChI=1S/C11H16N2O2/c1-8-3-4-10(15-2)9(7-8)5-6-13-11(12)14/h3-4,7H,5-6H2,1-2H3,(H3,12,13,14). The van der Waals surface area contributed by atoms with Gasteiger partial charge in [0.05, 0.1) is 7.11 Å². The van der Waals surface area contributed by atoms with Gasteiger partial charge in [0, 0.05) is 6.54 Å². The average molecular weight is 208 g/mol. The van der Waals surface area contributed by atoms with Gasteiger partial charge in [-0.1, -0.05) is 17.7 Å². The van der Waals surface area contributed by atoms with Crippen molar-refractivity contribution < 1.29 is 9.53 Å². The summed E-state index contributed by atoms with van der Waals surface area (Å²) in [6, 6.07) is 5.46. The van der Waals surface area contributed by atoms with E-state index in [1.165, 1.54) is 5.56 Å². The number of primary amides is 1. The third-order valence-corrected chi connectivity index (χ3v) is 2.13. The van der Waals surface area contributed by atoms with Gasteiger partial charge >= 0.3 is 6.03 Å². The highest BCUT2D eigenvalue weighted by atomic mass is 16.5. The minimum Gasteiger partial charge on any atom is -0.496 e. The molecule has 4 heteroatoms. The van der Waals surface area contributed by atoms with Crippen molar-refractivity contribution in [3.63, 3.8) is 0 Å². The van der Waals surface area contributed by atoms with Crippen LogP contribution >= 0.6 is 0 Å². The minimum absolute atomic E-state index is 0.499. The minimum atomic E-state index is -0.499. The molecule has 0 aromatic heterocycles. The molecule has 0 aliphatic carbocycles. The maximum Gasteiger partial charge on any atom is 0.312 e. The molecular weight excluding hydrogens is 192 g/mol. The van der Waals surface area contributed by atoms with Gasteiger partial charge in [-0.25, -0.2) is 4.79 Å². The van der Waals surface area contributed by atoms with Crippen LogP contribution in [0.3, 0.4) is 0 Å². The summed E-state index contributed by atoms with van der Waals surface area (Å²) in [7, 11) is 1.63. The number of nitrogens with one attached hydrogen (secondary N) is 1. The quantitative estimate of drug-likeness (QED) is 0.781. The molecule has 1 rings (SSSR count). The number of ether oxygens (including phenoxy) is 1. The summed E-state index contributed by atoms with van der Waals surface area (Å²) in [5, 5.41) is 2.55. The topological polar surface area (TPSA) is 64.3 Å². The van der Waals surface area contributed by atoms with E-state index in [1.54, 1.807) is 7.11 Å². The third kappa shape index (κ3) is 3.50. The third-order valence-electron chi connectivity index (χ3n) is 2.13. The second-order valence-electron chi connectivity index (χ2n) is 3.36. The second kappa shape index (κ2) is 5.24. The number of aryl methyl sites for hydroxylation is 1. The molecule has 2 amide bonds. The number of carbonyl (C=O) groups is 1. The SMILES string of the molecule is COc1ccc(C)cc1CCNC(N)=O. The van der Waals surface area contributed by atoms with E-state index in [4.69, 9.17) is 10.5 Å². The number of amides is 2. The lowest BCUT2D eigenvalue weighted by atomic mass is 10.1. The lowest BCUT2D eigenvalue weighted by Gasteiger charge is -2.09. The molecule has 0 spiro atoms. The van der Waals surface area contributed by atoms with Crippen molar-refractivity contribution in [2.45, 2.75) is 13.3 Å². The first-order valence-electron chi connectivity index (χ1n) is 4.80. The molecule has 0 saturated carbocycles. The van der Waals surface area contributed by atoms with Crippen molar-refractivity contribution in [1.82, 2.24) is 5.32 Å². The number of hydrogen-bond acceptors (Lipinski definition) is 2. The van der Waals surface area contributed by atoms with Gasteiger partial charge in [-0.05, 0) is 25.0 Å². The first-order chi connectivity index (χ1) is 7.13. The van der Waals surface area contributed by atoms with Gasteiger partial charge in [0.15, 0.2) is 0 Å². The van der Waals surface area contributed by atoms with Gasteiger partial charge in [0.2, 0.25) is 0 Å². The lowest BCUT2D eigenvalue weighted by Crippen LogP contribution is -2.31. The highest BCUT2D eigenvalue weighted by molar-refractivity contribution is 5.71. The van der Waals surface area contributed by atoms with Crippen molar-refractivity contribution in [2.24, 2.45) is 5.73 Å². The van der Waals surface area contributed by atoms with Crippen molar-refractivity contribution in [2.75, 3.05) is 13.7 Å². The van der Waals surface area contributed by atoms with E-state index in [0.29, 0.717) is 13.0 Å². The molecular formula is C11H16N2O2. The van der Waals surface area contributed by atoms with Gasteiger partial charge in [0.1, 0.15) is 5.75 Å². The predicted molar refractivity (Wildman–Crippen MR) is 59.0 cm³/mol. The second-order valence-corrected chi connectivity index (χ2v) is 3.36. The Labute approximate surface area is 89.4 Å². The van der Waals surface area contributed by atoms with E-state index in [-0.39, 0.29) is 0 Å². The van der Waals surface area contributed by atoms with Crippen LogP contribution in [0.25, 0.3) is 0 Å². The van der Waals surface area contributed by atoms with E-state index < -0.39 is 6.03 Å². The van der Waals surface area contributed by atoms with E-state index in [0.717, 1.165) is 11.3 Å². The Morgan fingerprint density at radius 1 is 1.53 bits per heavy atom. The zero-order chi connectivity index (χ0) is 11.3. The predicted octanol–water partition coefficient (Wildman–Crippen LogP) is 1.21. The Morgan fingerprint density at radius 3 is 2.87 bits per heavy atom. The summed E-state index contributed by atoms with van der Waals surface area (Å²) in [6.45, 7) is 2.54. The van der Waals surface area contributed by atoms with Crippen LogP contribution in [0.15, 0.2) is 18.2 Å². The smallest absolute Gasteiger partial charge is 0.312 e. The van der Waals surface area contributed by atoms with Crippen LogP contribution in [0.2, 0.25) is 0 Å². The Morgan fingerprint density at radius 2 is 2.27 bits per heavy atom. The van der Waals surface area contributed by atoms with Crippen LogP contribution in [0.5, 0.6) is 5.75 Å². The fraction of sp³-hybridized carbons (Fsp3) is 0.364. The van der Waals surface area contributed by atoms with E-state index in [1.807, 2.05) is 25.1 Å². The molecule has 4 nitrogen and oxygen atoms in total. The monoisotopic (exact) mass is 208 g/mol. The van der Waals surface area contributed by atoms with Gasteiger partial charge in [0.25, 0.3) is 0 Å². The van der Waals surface area contributed by atoms with Crippen LogP contribution in [0, 0.1) is 6.92 Å². The van der Waals surface area contributed by atoms with Crippen LogP contribution in [-0.2, 0) is 6.42 Å². The van der Waals surface area contributed by atoms with Crippen molar-refractivity contribution in [1.29, 1.82) is 0 Å². The van der Waals surface area contributed by atoms with Gasteiger partial charge < -0.3 is 15.8 Å². The Hall–Kier alpha value is -1.71. The number of hydrogen-bond donors (Lipinski definition) is 2. The Balaban J connectivity index is 2.65. The van der Waals surface area contributed by atoms with Crippen molar-refractivity contribution in [3.8, 4) is 5.75 Å². The zero-order valence-electron chi connectivity index (χ0n) is 9.04. The van der Waals surface area contributed by atoms with Crippen molar-refractivity contribution in [3.05, 3.63) is 29.3 Å². The molecule has 1 aromatic rings. The fourth-order valence-electron chi connectivity index (χ4n) is 1.42. The molecule has 0 atom stereocenters. The number of carbonyl (C=O) groups excluding carboxylic acids is 1. The van der Waals surface area contributed by atoms with Crippen LogP contribution in [-0.4, -0.2) is 19.7 Å². The number of nitrogens with two attached hydrogens (primary N) is 1. The first-order valence-corrected chi connectivity index (χ1v) is 4.80. The number of rotatable bonds is 4. The largest absolute Gasteiger partial charge is 0.496 e. The molecule has 82 valence electrons. The number of methoxy groups -OCH3 is 1. The molecule has 0 saturated heterocycles. The lowest BCUT2D eigenvalue weighted by molar-refractivity contribution is 0.249. The highest BCUT2D eigenvalue weighted by Gasteiger charge is 2.03. The molecule has 0 unspecified atom stereocenters. The van der Waals surface area contributed by atoms with Crippen molar-refractivity contribution >= 4 is 6.03 Å². The normalized spacial score (nSPS) is 9.73. The summed E-state index contributed by atoms with van der Waals surface area (Å²) in [5.74, 6) is 0.840. The Bertz CT molecular complexity index is 350. The van der Waals surface area contributed by atoms with E-state index >= 15 is 0 Å². The van der Waals surface area contributed by atoms with Crippen LogP contribution < -0.4 is 15.8 Å². The van der Waals surface area contributed by atoms with E-state index in [2.05, 4.69) is 5.32 Å². The summed E-state index contributed by atoms with van der Waals surface area (Å²) in [6.07, 6.45) is 0.716. The molecule has 0 aliphatic rings. The van der Waals surface area contributed by atoms with Crippen LogP contribution in [0.1, 0.15) is 11.1 Å². The zero-order valence-corrected chi connectivity index (χ0v) is 9.04. The molecule has 0 bridgehead atoms. The average Bonchev–Trinajstić information content (AvgIpc) is 2.17. The number of urea groups is 1. The summed E-state index contributed by atoms with van der Waals surface area (Å²) >= 11 is 0. The molecule has 0 aliphatic heterocycles. The Kier molecular flexibility index (Phi) is 3.97. The molecule has 0 heterocycles. The maximum absolute atomic E-state index is 10.5. The molecule has 0 fully saturated rings. The summed E-state index contributed by atoms with van der Waals surface area (Å²) in [4.78, 5) is 10.5. The number of benzene rings is 1. The molecule has 15 heavy (non-hydrogen) atoms. The van der Waals surface area contributed by atoms with Gasteiger partial charge in [-0.3, -0.25) is 0 Å².